The molecule has 1 unspecified atom stereocenters. The van der Waals surface area contributed by atoms with Gasteiger partial charge in [0.1, 0.15) is 6.10 Å². The Balaban J connectivity index is 2.73. The topological polar surface area (TPSA) is 75.0 Å². The minimum absolute atomic E-state index is 0.0462. The molecule has 1 saturated heterocycles. The van der Waals surface area contributed by atoms with Crippen LogP contribution in [-0.2, 0) is 13.8 Å². The number of hydrogen-bond acceptors (Lipinski definition) is 6. The van der Waals surface area contributed by atoms with Crippen molar-refractivity contribution >= 4 is 8.53 Å². The number of nitrogens with zero attached hydrogens (tertiary/aromatic N) is 2. The lowest BCUT2D eigenvalue weighted by atomic mass is 10.2. The molecule has 7 heteroatoms. The molecule has 0 saturated carbocycles. The van der Waals surface area contributed by atoms with Crippen molar-refractivity contribution in [2.75, 3.05) is 19.8 Å². The van der Waals surface area contributed by atoms with Crippen LogP contribution < -0.4 is 0 Å². The maximum absolute atomic E-state index is 9.33. The standard InChI is InChI=1S/C14H27N2O4P/c1-11(2)16(12(3)4)21(19-8-5-7-15)20-13-6-9-18-14(13)10-17/h11-14,17H,5-6,8-10H2,1-4H3/t13-,14+,21?/m0/s1. The average molecular weight is 318 g/mol. The second kappa shape index (κ2) is 9.68. The highest BCUT2D eigenvalue weighted by Gasteiger charge is 2.35. The molecule has 0 radical (unpaired) electrons. The smallest absolute Gasteiger partial charge is 0.259 e. The summed E-state index contributed by atoms with van der Waals surface area (Å²) in [5.74, 6) is 0. The highest BCUT2D eigenvalue weighted by molar-refractivity contribution is 7.44. The Hall–Kier alpha value is -0.280. The second-order valence-electron chi connectivity index (χ2n) is 5.57. The lowest BCUT2D eigenvalue weighted by molar-refractivity contribution is 0.00673. The fourth-order valence-corrected chi connectivity index (χ4v) is 4.11. The van der Waals surface area contributed by atoms with Gasteiger partial charge in [0.2, 0.25) is 0 Å². The summed E-state index contributed by atoms with van der Waals surface area (Å²) < 4.78 is 19.6. The third kappa shape index (κ3) is 5.78. The van der Waals surface area contributed by atoms with Crippen molar-refractivity contribution in [1.29, 1.82) is 5.26 Å². The molecule has 1 aliphatic heterocycles. The molecule has 0 aromatic heterocycles. The van der Waals surface area contributed by atoms with Gasteiger partial charge < -0.3 is 18.9 Å². The third-order valence-electron chi connectivity index (χ3n) is 3.22. The molecule has 0 spiro atoms. The van der Waals surface area contributed by atoms with Crippen LogP contribution in [0.25, 0.3) is 0 Å². The summed E-state index contributed by atoms with van der Waals surface area (Å²) >= 11 is 0. The predicted molar refractivity (Wildman–Crippen MR) is 81.5 cm³/mol. The van der Waals surface area contributed by atoms with Gasteiger partial charge in [-0.15, -0.1) is 0 Å². The van der Waals surface area contributed by atoms with E-state index in [0.29, 0.717) is 19.6 Å². The zero-order chi connectivity index (χ0) is 15.8. The van der Waals surface area contributed by atoms with Crippen LogP contribution in [0, 0.1) is 11.3 Å². The molecule has 1 heterocycles. The van der Waals surface area contributed by atoms with Crippen molar-refractivity contribution in [3.63, 3.8) is 0 Å². The monoisotopic (exact) mass is 318 g/mol. The molecule has 1 rings (SSSR count). The number of nitriles is 1. The number of aliphatic hydroxyl groups excluding tert-OH is 1. The molecular weight excluding hydrogens is 291 g/mol. The first-order chi connectivity index (χ1) is 10.0. The zero-order valence-corrected chi connectivity index (χ0v) is 14.3. The van der Waals surface area contributed by atoms with Gasteiger partial charge in [-0.1, -0.05) is 0 Å². The predicted octanol–water partition coefficient (Wildman–Crippen LogP) is 2.43. The number of hydrogen-bond donors (Lipinski definition) is 1. The van der Waals surface area contributed by atoms with Gasteiger partial charge in [-0.3, -0.25) is 0 Å². The van der Waals surface area contributed by atoms with Gasteiger partial charge in [0, 0.05) is 25.1 Å². The van der Waals surface area contributed by atoms with Gasteiger partial charge in [0.25, 0.3) is 8.53 Å². The Labute approximate surface area is 128 Å². The van der Waals surface area contributed by atoms with E-state index in [9.17, 15) is 5.11 Å². The highest BCUT2D eigenvalue weighted by atomic mass is 31.2. The molecule has 3 atom stereocenters. The summed E-state index contributed by atoms with van der Waals surface area (Å²) in [7, 11) is -1.27. The van der Waals surface area contributed by atoms with Crippen LogP contribution in [0.2, 0.25) is 0 Å². The maximum atomic E-state index is 9.33. The number of rotatable bonds is 9. The number of aliphatic hydroxyl groups is 1. The molecule has 0 amide bonds. The van der Waals surface area contributed by atoms with E-state index in [-0.39, 0.29) is 30.9 Å². The van der Waals surface area contributed by atoms with Crippen LogP contribution in [0.15, 0.2) is 0 Å². The molecule has 0 aromatic rings. The quantitative estimate of drug-likeness (QED) is 0.520. The van der Waals surface area contributed by atoms with Crippen molar-refractivity contribution in [1.82, 2.24) is 4.67 Å². The van der Waals surface area contributed by atoms with Crippen molar-refractivity contribution in [2.45, 2.75) is 64.8 Å². The Kier molecular flexibility index (Phi) is 8.65. The molecule has 6 nitrogen and oxygen atoms in total. The van der Waals surface area contributed by atoms with Crippen LogP contribution in [0.1, 0.15) is 40.5 Å². The molecule has 1 aliphatic rings. The van der Waals surface area contributed by atoms with Crippen LogP contribution in [0.4, 0.5) is 0 Å². The van der Waals surface area contributed by atoms with E-state index in [1.807, 2.05) is 0 Å². The second-order valence-corrected chi connectivity index (χ2v) is 6.98. The normalized spacial score (nSPS) is 24.0. The molecule has 1 N–H and O–H groups in total. The van der Waals surface area contributed by atoms with Crippen LogP contribution in [-0.4, -0.2) is 53.9 Å². The van der Waals surface area contributed by atoms with E-state index in [4.69, 9.17) is 19.0 Å². The SMILES string of the molecule is CC(C)N(C(C)C)P(OCCC#N)O[C@H]1CCO[C@@H]1CO. The Morgan fingerprint density at radius 2 is 2.05 bits per heavy atom. The first kappa shape index (κ1) is 18.8. The van der Waals surface area contributed by atoms with Crippen molar-refractivity contribution < 1.29 is 18.9 Å². The van der Waals surface area contributed by atoms with E-state index in [1.165, 1.54) is 0 Å². The zero-order valence-electron chi connectivity index (χ0n) is 13.4. The minimum Gasteiger partial charge on any atom is -0.394 e. The van der Waals surface area contributed by atoms with Gasteiger partial charge in [0.05, 0.1) is 31.8 Å². The van der Waals surface area contributed by atoms with Crippen molar-refractivity contribution in [2.24, 2.45) is 0 Å². The summed E-state index contributed by atoms with van der Waals surface area (Å²) in [5, 5.41) is 18.0. The van der Waals surface area contributed by atoms with Gasteiger partial charge in [-0.2, -0.15) is 5.26 Å². The summed E-state index contributed by atoms with van der Waals surface area (Å²) in [6.07, 6.45) is 0.672. The lowest BCUT2D eigenvalue weighted by Gasteiger charge is -2.37. The summed E-state index contributed by atoms with van der Waals surface area (Å²) in [6.45, 7) is 9.30. The van der Waals surface area contributed by atoms with Crippen molar-refractivity contribution in [3.8, 4) is 6.07 Å². The Bertz CT molecular complexity index is 327. The molecule has 1 fully saturated rings. The van der Waals surface area contributed by atoms with Gasteiger partial charge in [-0.25, -0.2) is 4.67 Å². The molecule has 122 valence electrons. The average Bonchev–Trinajstić information content (AvgIpc) is 2.85. The highest BCUT2D eigenvalue weighted by Crippen LogP contribution is 2.48. The maximum Gasteiger partial charge on any atom is 0.259 e. The summed E-state index contributed by atoms with van der Waals surface area (Å²) in [4.78, 5) is 0. The first-order valence-corrected chi connectivity index (χ1v) is 8.61. The third-order valence-corrected chi connectivity index (χ3v) is 5.37. The summed E-state index contributed by atoms with van der Waals surface area (Å²) in [5.41, 5.74) is 0. The fourth-order valence-electron chi connectivity index (χ4n) is 2.33. The van der Waals surface area contributed by atoms with Gasteiger partial charge >= 0.3 is 0 Å². The van der Waals surface area contributed by atoms with E-state index in [2.05, 4.69) is 38.4 Å². The molecule has 0 aliphatic carbocycles. The van der Waals surface area contributed by atoms with Crippen LogP contribution in [0.5, 0.6) is 0 Å². The minimum atomic E-state index is -1.27. The van der Waals surface area contributed by atoms with E-state index >= 15 is 0 Å². The lowest BCUT2D eigenvalue weighted by Crippen LogP contribution is -2.36. The van der Waals surface area contributed by atoms with Crippen LogP contribution in [0.3, 0.4) is 0 Å². The van der Waals surface area contributed by atoms with E-state index < -0.39 is 8.53 Å². The molecule has 21 heavy (non-hydrogen) atoms. The first-order valence-electron chi connectivity index (χ1n) is 7.48. The van der Waals surface area contributed by atoms with Gasteiger partial charge in [0.15, 0.2) is 0 Å². The molecule has 0 bridgehead atoms. The number of ether oxygens (including phenoxy) is 1. The molecular formula is C14H27N2O4P. The van der Waals surface area contributed by atoms with E-state index in [0.717, 1.165) is 6.42 Å². The van der Waals surface area contributed by atoms with Crippen molar-refractivity contribution in [3.05, 3.63) is 0 Å². The van der Waals surface area contributed by atoms with Gasteiger partial charge in [-0.05, 0) is 27.7 Å². The summed E-state index contributed by atoms with van der Waals surface area (Å²) in [6, 6.07) is 2.62. The van der Waals surface area contributed by atoms with Crippen LogP contribution >= 0.6 is 8.53 Å². The Morgan fingerprint density at radius 3 is 2.57 bits per heavy atom. The molecule has 0 aromatic carbocycles. The Morgan fingerprint density at radius 1 is 1.38 bits per heavy atom. The van der Waals surface area contributed by atoms with E-state index in [1.54, 1.807) is 0 Å². The largest absolute Gasteiger partial charge is 0.394 e. The fraction of sp³-hybridized carbons (Fsp3) is 0.929.